The van der Waals surface area contributed by atoms with Crippen LogP contribution in [0.3, 0.4) is 0 Å². The molecule has 1 aliphatic heterocycles. The van der Waals surface area contributed by atoms with Crippen molar-refractivity contribution in [1.29, 1.82) is 0 Å². The summed E-state index contributed by atoms with van der Waals surface area (Å²) in [6.45, 7) is 3.65. The molecular weight excluding hydrogens is 741 g/mol. The van der Waals surface area contributed by atoms with Crippen LogP contribution in [0.2, 0.25) is 0 Å². The predicted molar refractivity (Wildman–Crippen MR) is 219 cm³/mol. The van der Waals surface area contributed by atoms with Crippen molar-refractivity contribution in [2.75, 3.05) is 19.0 Å². The number of unbranched alkanes of at least 4 members (excludes halogenated alkanes) is 14. The molecule has 0 aromatic heterocycles. The molecule has 0 radical (unpaired) electrons. The molecule has 0 amide bonds. The summed E-state index contributed by atoms with van der Waals surface area (Å²) in [5.41, 5.74) is 0. The quantitative estimate of drug-likeness (QED) is 0.0213. The van der Waals surface area contributed by atoms with E-state index in [-0.39, 0.29) is 19.4 Å². The van der Waals surface area contributed by atoms with Gasteiger partial charge in [0.15, 0.2) is 12.4 Å². The van der Waals surface area contributed by atoms with E-state index < -0.39 is 71.2 Å². The minimum Gasteiger partial charge on any atom is -0.462 e. The Labute approximate surface area is 337 Å². The lowest BCUT2D eigenvalue weighted by atomic mass is 10.00. The second-order valence-corrected chi connectivity index (χ2v) is 16.2. The topological polar surface area (TPSA) is 186 Å². The van der Waals surface area contributed by atoms with Crippen LogP contribution in [0.5, 0.6) is 0 Å². The molecule has 0 bridgehead atoms. The molecule has 0 aromatic carbocycles. The normalized spacial score (nSPS) is 21.1. The monoisotopic (exact) mass is 814 g/mol. The number of allylic oxidation sites excluding steroid dienone is 8. The zero-order valence-electron chi connectivity index (χ0n) is 34.2. The van der Waals surface area contributed by atoms with Gasteiger partial charge in [0, 0.05) is 12.8 Å². The fraction of sp³-hybridized carbons (Fsp3) is 0.767. The number of carbonyl (C=O) groups excluding carboxylic acids is 2. The van der Waals surface area contributed by atoms with Gasteiger partial charge in [0.1, 0.15) is 36.8 Å². The van der Waals surface area contributed by atoms with Crippen LogP contribution >= 0.6 is 0 Å². The predicted octanol–water partition coefficient (Wildman–Crippen LogP) is 8.00. The molecule has 0 aromatic rings. The van der Waals surface area contributed by atoms with Crippen molar-refractivity contribution in [2.45, 2.75) is 192 Å². The average Bonchev–Trinajstić information content (AvgIpc) is 3.16. The lowest BCUT2D eigenvalue weighted by Crippen LogP contribution is -2.60. The van der Waals surface area contributed by atoms with Crippen molar-refractivity contribution >= 4 is 22.1 Å². The molecular formula is C43H74O12S. The zero-order chi connectivity index (χ0) is 41.3. The van der Waals surface area contributed by atoms with E-state index in [0.29, 0.717) is 19.3 Å². The van der Waals surface area contributed by atoms with E-state index in [2.05, 4.69) is 50.3 Å². The highest BCUT2D eigenvalue weighted by molar-refractivity contribution is 7.85. The Balaban J connectivity index is 2.52. The summed E-state index contributed by atoms with van der Waals surface area (Å²) < 4.78 is 53.8. The van der Waals surface area contributed by atoms with E-state index in [0.717, 1.165) is 44.9 Å². The van der Waals surface area contributed by atoms with Crippen molar-refractivity contribution in [3.8, 4) is 0 Å². The van der Waals surface area contributed by atoms with Gasteiger partial charge >= 0.3 is 11.9 Å². The minimum absolute atomic E-state index is 0.143. The van der Waals surface area contributed by atoms with Crippen molar-refractivity contribution in [3.05, 3.63) is 48.6 Å². The minimum atomic E-state index is -4.60. The van der Waals surface area contributed by atoms with Crippen LogP contribution in [0, 0.1) is 0 Å². The number of hydrogen-bond donors (Lipinski definition) is 4. The summed E-state index contributed by atoms with van der Waals surface area (Å²) in [5, 5.41) is 30.8. The van der Waals surface area contributed by atoms with Crippen LogP contribution in [0.25, 0.3) is 0 Å². The molecule has 6 atom stereocenters. The van der Waals surface area contributed by atoms with E-state index in [1.54, 1.807) is 0 Å². The molecule has 1 heterocycles. The Morgan fingerprint density at radius 1 is 0.607 bits per heavy atom. The molecule has 13 heteroatoms. The number of hydrogen-bond acceptors (Lipinski definition) is 11. The number of esters is 2. The van der Waals surface area contributed by atoms with Crippen LogP contribution < -0.4 is 0 Å². The summed E-state index contributed by atoms with van der Waals surface area (Å²) in [5.74, 6) is -2.06. The van der Waals surface area contributed by atoms with Crippen LogP contribution in [0.1, 0.15) is 155 Å². The van der Waals surface area contributed by atoms with Gasteiger partial charge in [-0.1, -0.05) is 140 Å². The highest BCUT2D eigenvalue weighted by Gasteiger charge is 2.46. The third-order valence-corrected chi connectivity index (χ3v) is 10.2. The Kier molecular flexibility index (Phi) is 30.9. The number of ether oxygens (including phenoxy) is 4. The van der Waals surface area contributed by atoms with Gasteiger partial charge in [-0.05, 0) is 51.4 Å². The molecule has 0 spiro atoms. The first-order valence-electron chi connectivity index (χ1n) is 21.2. The summed E-state index contributed by atoms with van der Waals surface area (Å²) in [6.07, 6.45) is 28.8. The lowest BCUT2D eigenvalue weighted by molar-refractivity contribution is -0.297. The molecule has 0 saturated carbocycles. The van der Waals surface area contributed by atoms with Crippen molar-refractivity contribution < 1.29 is 56.8 Å². The van der Waals surface area contributed by atoms with Gasteiger partial charge in [0.2, 0.25) is 0 Å². The first-order chi connectivity index (χ1) is 27.0. The van der Waals surface area contributed by atoms with Gasteiger partial charge in [0.05, 0.1) is 6.61 Å². The summed E-state index contributed by atoms with van der Waals surface area (Å²) in [4.78, 5) is 25.3. The van der Waals surface area contributed by atoms with Crippen LogP contribution in [0.15, 0.2) is 48.6 Å². The van der Waals surface area contributed by atoms with Gasteiger partial charge in [0.25, 0.3) is 10.1 Å². The molecule has 12 nitrogen and oxygen atoms in total. The SMILES string of the molecule is CCCCC/C=C/C/C=C/C/C=C/C/C=C/CCCC(=O)OC[C@H](CO[C@H]1O[C@H](CS(=O)(=O)O)[C@@H](O)C(O)C1O)OC(=O)CCCCCCCCCCCCC. The van der Waals surface area contributed by atoms with Crippen molar-refractivity contribution in [1.82, 2.24) is 0 Å². The Bertz CT molecular complexity index is 1230. The van der Waals surface area contributed by atoms with Crippen LogP contribution in [0.4, 0.5) is 0 Å². The molecule has 1 saturated heterocycles. The molecule has 1 aliphatic rings. The van der Waals surface area contributed by atoms with Crippen LogP contribution in [-0.4, -0.2) is 96.0 Å². The molecule has 1 rings (SSSR count). The Morgan fingerprint density at radius 3 is 1.64 bits per heavy atom. The molecule has 1 fully saturated rings. The number of rotatable bonds is 34. The maximum absolute atomic E-state index is 12.7. The maximum atomic E-state index is 12.7. The molecule has 0 aliphatic carbocycles. The second kappa shape index (κ2) is 33.6. The third-order valence-electron chi connectivity index (χ3n) is 9.41. The first kappa shape index (κ1) is 51.6. The third kappa shape index (κ3) is 28.1. The second-order valence-electron chi connectivity index (χ2n) is 14.7. The first-order valence-corrected chi connectivity index (χ1v) is 22.8. The van der Waals surface area contributed by atoms with E-state index in [4.69, 9.17) is 18.9 Å². The van der Waals surface area contributed by atoms with E-state index in [1.165, 1.54) is 64.2 Å². The molecule has 2 unspecified atom stereocenters. The van der Waals surface area contributed by atoms with Crippen molar-refractivity contribution in [2.24, 2.45) is 0 Å². The van der Waals surface area contributed by atoms with Gasteiger partial charge < -0.3 is 34.3 Å². The number of carbonyl (C=O) groups is 2. The fourth-order valence-electron chi connectivity index (χ4n) is 6.08. The van der Waals surface area contributed by atoms with Gasteiger partial charge in [-0.2, -0.15) is 8.42 Å². The number of aliphatic hydroxyl groups is 3. The van der Waals surface area contributed by atoms with Gasteiger partial charge in [-0.15, -0.1) is 0 Å². The van der Waals surface area contributed by atoms with Gasteiger partial charge in [-0.3, -0.25) is 14.1 Å². The molecule has 56 heavy (non-hydrogen) atoms. The van der Waals surface area contributed by atoms with Gasteiger partial charge in [-0.25, -0.2) is 0 Å². The Hall–Kier alpha value is -2.39. The van der Waals surface area contributed by atoms with Crippen LogP contribution in [-0.2, 0) is 38.7 Å². The largest absolute Gasteiger partial charge is 0.462 e. The van der Waals surface area contributed by atoms with E-state index >= 15 is 0 Å². The molecule has 324 valence electrons. The zero-order valence-corrected chi connectivity index (χ0v) is 35.0. The van der Waals surface area contributed by atoms with E-state index in [1.807, 2.05) is 12.2 Å². The number of aliphatic hydroxyl groups excluding tert-OH is 3. The lowest BCUT2D eigenvalue weighted by Gasteiger charge is -2.40. The summed E-state index contributed by atoms with van der Waals surface area (Å²) in [7, 11) is -4.60. The highest BCUT2D eigenvalue weighted by atomic mass is 32.2. The standard InChI is InChI=1S/C43H74O12S/c1-3-5-7-9-11-13-15-16-17-18-19-20-22-23-25-27-29-31-38(44)52-33-36(54-39(45)32-30-28-26-24-21-14-12-10-8-6-4-2)34-53-43-42(48)41(47)40(46)37(55-43)35-56(49,50)51/h11,13,16-17,19-20,23,25,36-37,40-43,46-48H,3-10,12,14-15,18,21-22,24,26-35H2,1-2H3,(H,49,50,51)/b13-11+,17-16+,20-19+,25-23+/t36-,37-,40-,41?,42?,43+/m1/s1. The van der Waals surface area contributed by atoms with E-state index in [9.17, 15) is 37.9 Å². The maximum Gasteiger partial charge on any atom is 0.306 e. The summed E-state index contributed by atoms with van der Waals surface area (Å²) >= 11 is 0. The highest BCUT2D eigenvalue weighted by Crippen LogP contribution is 2.24. The Morgan fingerprint density at radius 2 is 1.09 bits per heavy atom. The van der Waals surface area contributed by atoms with Crippen molar-refractivity contribution in [3.63, 3.8) is 0 Å². The smallest absolute Gasteiger partial charge is 0.306 e. The fourth-order valence-corrected chi connectivity index (χ4v) is 6.77. The molecule has 4 N–H and O–H groups in total. The summed E-state index contributed by atoms with van der Waals surface area (Å²) in [6, 6.07) is 0. The average molecular weight is 815 g/mol.